The Hall–Kier alpha value is -1.95. The molecule has 2 aromatic rings. The Balaban J connectivity index is 2.09. The zero-order valence-corrected chi connectivity index (χ0v) is 12.6. The minimum atomic E-state index is -0.158. The lowest BCUT2D eigenvalue weighted by molar-refractivity contribution is 0.0951. The number of thiazole rings is 1. The van der Waals surface area contributed by atoms with Crippen LogP contribution in [-0.4, -0.2) is 22.4 Å². The van der Waals surface area contributed by atoms with Gasteiger partial charge in [-0.05, 0) is 32.9 Å². The highest BCUT2D eigenvalue weighted by Crippen LogP contribution is 2.22. The van der Waals surface area contributed by atoms with Crippen molar-refractivity contribution in [1.82, 2.24) is 15.3 Å². The van der Waals surface area contributed by atoms with Crippen molar-refractivity contribution in [3.05, 3.63) is 40.1 Å². The monoisotopic (exact) mass is 290 g/mol. The first kappa shape index (κ1) is 14.5. The summed E-state index contributed by atoms with van der Waals surface area (Å²) in [6.45, 7) is 6.50. The summed E-state index contributed by atoms with van der Waals surface area (Å²) in [6.07, 6.45) is 1.63. The minimum Gasteiger partial charge on any atom is -0.376 e. The van der Waals surface area contributed by atoms with E-state index in [9.17, 15) is 4.79 Å². The van der Waals surface area contributed by atoms with Crippen molar-refractivity contribution < 1.29 is 4.79 Å². The summed E-state index contributed by atoms with van der Waals surface area (Å²) in [5.41, 5.74) is 2.30. The Bertz CT molecular complexity index is 596. The smallest absolute Gasteiger partial charge is 0.269 e. The standard InChI is InChI=1S/C14H18N4OS/c1-4-15-13(19)12-7-11(5-6-16-12)18-10(3)14-17-9(2)8-20-14/h5-8,10H,4H2,1-3H3,(H,15,19)(H,16,18). The molecule has 0 saturated heterocycles. The second kappa shape index (κ2) is 6.47. The van der Waals surface area contributed by atoms with Crippen molar-refractivity contribution in [2.45, 2.75) is 26.8 Å². The van der Waals surface area contributed by atoms with Crippen molar-refractivity contribution in [3.63, 3.8) is 0 Å². The molecule has 1 amide bonds. The van der Waals surface area contributed by atoms with Gasteiger partial charge in [-0.15, -0.1) is 11.3 Å². The van der Waals surface area contributed by atoms with E-state index < -0.39 is 0 Å². The third kappa shape index (κ3) is 3.54. The Morgan fingerprint density at radius 1 is 1.50 bits per heavy atom. The molecule has 2 N–H and O–H groups in total. The van der Waals surface area contributed by atoms with Gasteiger partial charge in [-0.3, -0.25) is 9.78 Å². The fourth-order valence-electron chi connectivity index (χ4n) is 1.78. The number of rotatable bonds is 5. The zero-order valence-electron chi connectivity index (χ0n) is 11.8. The zero-order chi connectivity index (χ0) is 14.5. The first-order valence-electron chi connectivity index (χ1n) is 6.53. The molecular formula is C14H18N4OS. The number of hydrogen-bond acceptors (Lipinski definition) is 5. The van der Waals surface area contributed by atoms with Gasteiger partial charge in [0.2, 0.25) is 0 Å². The number of amides is 1. The van der Waals surface area contributed by atoms with Gasteiger partial charge < -0.3 is 10.6 Å². The molecule has 0 saturated carbocycles. The highest BCUT2D eigenvalue weighted by molar-refractivity contribution is 7.09. The van der Waals surface area contributed by atoms with Crippen LogP contribution in [0.3, 0.4) is 0 Å². The highest BCUT2D eigenvalue weighted by atomic mass is 32.1. The summed E-state index contributed by atoms with van der Waals surface area (Å²) in [7, 11) is 0. The number of aryl methyl sites for hydroxylation is 1. The first-order valence-corrected chi connectivity index (χ1v) is 7.41. The SMILES string of the molecule is CCNC(=O)c1cc(NC(C)c2nc(C)cs2)ccn1. The van der Waals surface area contributed by atoms with Gasteiger partial charge in [-0.1, -0.05) is 0 Å². The van der Waals surface area contributed by atoms with Crippen LogP contribution in [0.2, 0.25) is 0 Å². The fourth-order valence-corrected chi connectivity index (χ4v) is 2.58. The molecule has 6 heteroatoms. The predicted octanol–water partition coefficient (Wildman–Crippen LogP) is 2.77. The molecule has 0 aliphatic carbocycles. The van der Waals surface area contributed by atoms with E-state index in [-0.39, 0.29) is 11.9 Å². The molecule has 1 unspecified atom stereocenters. The summed E-state index contributed by atoms with van der Waals surface area (Å²) in [6, 6.07) is 3.69. The number of nitrogens with zero attached hydrogens (tertiary/aromatic N) is 2. The van der Waals surface area contributed by atoms with Gasteiger partial charge in [0.05, 0.1) is 6.04 Å². The summed E-state index contributed by atoms with van der Waals surface area (Å²) in [4.78, 5) is 20.3. The van der Waals surface area contributed by atoms with Crippen LogP contribution in [0.25, 0.3) is 0 Å². The Morgan fingerprint density at radius 2 is 2.30 bits per heavy atom. The van der Waals surface area contributed by atoms with E-state index in [4.69, 9.17) is 0 Å². The molecule has 0 spiro atoms. The molecule has 5 nitrogen and oxygen atoms in total. The van der Waals surface area contributed by atoms with Crippen LogP contribution in [0.1, 0.15) is 41.1 Å². The Labute approximate surface area is 122 Å². The molecule has 0 bridgehead atoms. The second-order valence-electron chi connectivity index (χ2n) is 4.48. The van der Waals surface area contributed by atoms with Crippen molar-refractivity contribution >= 4 is 22.9 Å². The Morgan fingerprint density at radius 3 is 2.95 bits per heavy atom. The van der Waals surface area contributed by atoms with E-state index in [1.807, 2.05) is 32.2 Å². The van der Waals surface area contributed by atoms with Crippen molar-refractivity contribution in [1.29, 1.82) is 0 Å². The van der Waals surface area contributed by atoms with Crippen LogP contribution in [0.5, 0.6) is 0 Å². The molecule has 0 aromatic carbocycles. The van der Waals surface area contributed by atoms with Gasteiger partial charge in [-0.2, -0.15) is 0 Å². The first-order chi connectivity index (χ1) is 9.60. The third-order valence-electron chi connectivity index (χ3n) is 2.72. The fraction of sp³-hybridized carbons (Fsp3) is 0.357. The largest absolute Gasteiger partial charge is 0.376 e. The van der Waals surface area contributed by atoms with Gasteiger partial charge in [0.15, 0.2) is 0 Å². The minimum absolute atomic E-state index is 0.0955. The van der Waals surface area contributed by atoms with Crippen LogP contribution >= 0.6 is 11.3 Å². The molecule has 2 heterocycles. The molecular weight excluding hydrogens is 272 g/mol. The summed E-state index contributed by atoms with van der Waals surface area (Å²) >= 11 is 1.63. The quantitative estimate of drug-likeness (QED) is 0.888. The van der Waals surface area contributed by atoms with Gasteiger partial charge in [0.25, 0.3) is 5.91 Å². The number of nitrogens with one attached hydrogen (secondary N) is 2. The molecule has 2 aromatic heterocycles. The van der Waals surface area contributed by atoms with Crippen LogP contribution in [-0.2, 0) is 0 Å². The molecule has 0 aliphatic heterocycles. The van der Waals surface area contributed by atoms with E-state index >= 15 is 0 Å². The molecule has 20 heavy (non-hydrogen) atoms. The Kier molecular flexibility index (Phi) is 4.68. The number of pyridine rings is 1. The van der Waals surface area contributed by atoms with Gasteiger partial charge in [0, 0.05) is 29.5 Å². The summed E-state index contributed by atoms with van der Waals surface area (Å²) in [5.74, 6) is -0.158. The molecule has 1 atom stereocenters. The van der Waals surface area contributed by atoms with E-state index in [1.165, 1.54) is 0 Å². The van der Waals surface area contributed by atoms with E-state index in [2.05, 4.69) is 20.6 Å². The summed E-state index contributed by atoms with van der Waals surface area (Å²) < 4.78 is 0. The molecule has 106 valence electrons. The maximum absolute atomic E-state index is 11.7. The van der Waals surface area contributed by atoms with Gasteiger partial charge >= 0.3 is 0 Å². The second-order valence-corrected chi connectivity index (χ2v) is 5.37. The van der Waals surface area contributed by atoms with E-state index in [1.54, 1.807) is 23.6 Å². The topological polar surface area (TPSA) is 66.9 Å². The average Bonchev–Trinajstić information content (AvgIpc) is 2.86. The number of aromatic nitrogens is 2. The number of hydrogen-bond donors (Lipinski definition) is 2. The molecule has 0 fully saturated rings. The maximum atomic E-state index is 11.7. The maximum Gasteiger partial charge on any atom is 0.269 e. The van der Waals surface area contributed by atoms with Crippen molar-refractivity contribution in [3.8, 4) is 0 Å². The van der Waals surface area contributed by atoms with Gasteiger partial charge in [0.1, 0.15) is 10.7 Å². The molecule has 0 radical (unpaired) electrons. The van der Waals surface area contributed by atoms with Gasteiger partial charge in [-0.25, -0.2) is 4.98 Å². The normalized spacial score (nSPS) is 11.9. The van der Waals surface area contributed by atoms with Crippen LogP contribution < -0.4 is 10.6 Å². The number of carbonyl (C=O) groups excluding carboxylic acids is 1. The van der Waals surface area contributed by atoms with E-state index in [0.29, 0.717) is 12.2 Å². The average molecular weight is 290 g/mol. The van der Waals surface area contributed by atoms with Crippen LogP contribution in [0.15, 0.2) is 23.7 Å². The lowest BCUT2D eigenvalue weighted by Crippen LogP contribution is -2.23. The third-order valence-corrected chi connectivity index (χ3v) is 3.87. The van der Waals surface area contributed by atoms with Crippen LogP contribution in [0.4, 0.5) is 5.69 Å². The lowest BCUT2D eigenvalue weighted by Gasteiger charge is -2.13. The van der Waals surface area contributed by atoms with E-state index in [0.717, 1.165) is 16.4 Å². The van der Waals surface area contributed by atoms with Crippen molar-refractivity contribution in [2.24, 2.45) is 0 Å². The number of carbonyl (C=O) groups is 1. The molecule has 2 rings (SSSR count). The van der Waals surface area contributed by atoms with Crippen LogP contribution in [0, 0.1) is 6.92 Å². The lowest BCUT2D eigenvalue weighted by atomic mass is 10.2. The molecule has 0 aliphatic rings. The predicted molar refractivity (Wildman–Crippen MR) is 81.1 cm³/mol. The van der Waals surface area contributed by atoms with Crippen molar-refractivity contribution in [2.75, 3.05) is 11.9 Å². The highest BCUT2D eigenvalue weighted by Gasteiger charge is 2.11. The number of anilines is 1. The summed E-state index contributed by atoms with van der Waals surface area (Å²) in [5, 5.41) is 9.13.